The van der Waals surface area contributed by atoms with Crippen molar-refractivity contribution in [2.75, 3.05) is 13.2 Å². The van der Waals surface area contributed by atoms with E-state index in [9.17, 15) is 14.7 Å². The molecule has 0 aromatic rings. The molecule has 0 aliphatic carbocycles. The normalized spacial score (nSPS) is 14.3. The van der Waals surface area contributed by atoms with Crippen LogP contribution in [-0.4, -0.2) is 41.4 Å². The van der Waals surface area contributed by atoms with Gasteiger partial charge < -0.3 is 20.3 Å². The summed E-state index contributed by atoms with van der Waals surface area (Å²) >= 11 is 0. The van der Waals surface area contributed by atoms with Gasteiger partial charge in [-0.2, -0.15) is 0 Å². The molecular weight excluding hydrogens is 622 g/mol. The second-order valence-corrected chi connectivity index (χ2v) is 15.3. The van der Waals surface area contributed by atoms with Gasteiger partial charge in [0, 0.05) is 19.4 Å². The fourth-order valence-corrected chi connectivity index (χ4v) is 6.29. The Kier molecular flexibility index (Phi) is 33.3. The molecule has 0 fully saturated rings. The summed E-state index contributed by atoms with van der Waals surface area (Å²) in [6.45, 7) is 8.02. The molecule has 50 heavy (non-hydrogen) atoms. The summed E-state index contributed by atoms with van der Waals surface area (Å²) in [4.78, 5) is 25.5. The summed E-state index contributed by atoms with van der Waals surface area (Å²) in [5, 5.41) is 9.40. The molecule has 2 unspecified atom stereocenters. The van der Waals surface area contributed by atoms with E-state index in [0.717, 1.165) is 51.4 Å². The average molecular weight is 706 g/mol. The lowest BCUT2D eigenvalue weighted by molar-refractivity contribution is -0.180. The quantitative estimate of drug-likeness (QED) is 0.0379. The third kappa shape index (κ3) is 29.0. The standard InChI is InChI=1S/C44H83NO5/c1-5-7-9-11-13-15-17-19-21-23-25-27-29-31-33-36-41(47)49-40-44(4,43(3,45)38-35-39-46)50-42(48)37-34-32-30-28-26-24-22-20-18-16-14-12-10-8-6-2/h19-22,46H,5-18,23-40,45H2,1-4H3/b21-19-,22-20-. The number of aliphatic hydroxyl groups excluding tert-OH is 1. The Morgan fingerprint density at radius 3 is 1.30 bits per heavy atom. The topological polar surface area (TPSA) is 98.9 Å². The average Bonchev–Trinajstić information content (AvgIpc) is 3.09. The molecule has 0 aromatic carbocycles. The predicted octanol–water partition coefficient (Wildman–Crippen LogP) is 12.4. The van der Waals surface area contributed by atoms with Crippen LogP contribution < -0.4 is 5.73 Å². The van der Waals surface area contributed by atoms with Gasteiger partial charge in [0.2, 0.25) is 0 Å². The SMILES string of the molecule is CCCCCCCC/C=C\CCCCCCCC(=O)OCC(C)(OC(=O)CCCCCCC/C=C\CCCCCCCC)C(C)(N)CCCO. The zero-order valence-corrected chi connectivity index (χ0v) is 33.6. The minimum Gasteiger partial charge on any atom is -0.461 e. The summed E-state index contributed by atoms with van der Waals surface area (Å²) in [5.41, 5.74) is 4.53. The molecule has 6 heteroatoms. The molecular formula is C44H83NO5. The molecule has 3 N–H and O–H groups in total. The predicted molar refractivity (Wildman–Crippen MR) is 213 cm³/mol. The maximum Gasteiger partial charge on any atom is 0.306 e. The first-order valence-corrected chi connectivity index (χ1v) is 21.3. The Morgan fingerprint density at radius 1 is 0.540 bits per heavy atom. The molecule has 294 valence electrons. The molecule has 0 aliphatic rings. The van der Waals surface area contributed by atoms with E-state index in [1.807, 2.05) is 6.92 Å². The highest BCUT2D eigenvalue weighted by Gasteiger charge is 2.46. The van der Waals surface area contributed by atoms with E-state index in [0.29, 0.717) is 25.7 Å². The van der Waals surface area contributed by atoms with Crippen LogP contribution in [-0.2, 0) is 19.1 Å². The van der Waals surface area contributed by atoms with E-state index >= 15 is 0 Å². The second-order valence-electron chi connectivity index (χ2n) is 15.3. The monoisotopic (exact) mass is 706 g/mol. The molecule has 6 nitrogen and oxygen atoms in total. The number of allylic oxidation sites excluding steroid dienone is 4. The maximum atomic E-state index is 12.9. The van der Waals surface area contributed by atoms with E-state index in [-0.39, 0.29) is 25.2 Å². The van der Waals surface area contributed by atoms with E-state index < -0.39 is 11.1 Å². The van der Waals surface area contributed by atoms with Crippen LogP contribution in [0.3, 0.4) is 0 Å². The Hall–Kier alpha value is -1.66. The van der Waals surface area contributed by atoms with Gasteiger partial charge in [0.05, 0.1) is 5.54 Å². The Labute approximate surface area is 310 Å². The number of unbranched alkanes of at least 4 members (excludes halogenated alkanes) is 22. The Morgan fingerprint density at radius 2 is 0.900 bits per heavy atom. The summed E-state index contributed by atoms with van der Waals surface area (Å²) in [6.07, 6.45) is 42.3. The van der Waals surface area contributed by atoms with Crippen LogP contribution >= 0.6 is 0 Å². The molecule has 0 spiro atoms. The zero-order chi connectivity index (χ0) is 37.0. The third-order valence-electron chi connectivity index (χ3n) is 10.2. The first-order valence-electron chi connectivity index (χ1n) is 21.3. The molecule has 0 aromatic heterocycles. The molecule has 2 atom stereocenters. The van der Waals surface area contributed by atoms with Crippen molar-refractivity contribution in [3.63, 3.8) is 0 Å². The van der Waals surface area contributed by atoms with Gasteiger partial charge in [-0.25, -0.2) is 0 Å². The van der Waals surface area contributed by atoms with Crippen LogP contribution in [0.2, 0.25) is 0 Å². The summed E-state index contributed by atoms with van der Waals surface area (Å²) in [6, 6.07) is 0. The maximum absolute atomic E-state index is 12.9. The zero-order valence-electron chi connectivity index (χ0n) is 33.6. The Bertz CT molecular complexity index is 838. The van der Waals surface area contributed by atoms with Crippen LogP contribution in [0.15, 0.2) is 24.3 Å². The van der Waals surface area contributed by atoms with Gasteiger partial charge in [0.15, 0.2) is 5.60 Å². The largest absolute Gasteiger partial charge is 0.461 e. The molecule has 0 heterocycles. The number of carbonyl (C=O) groups excluding carboxylic acids is 2. The summed E-state index contributed by atoms with van der Waals surface area (Å²) in [7, 11) is 0. The van der Waals surface area contributed by atoms with Crippen molar-refractivity contribution in [1.82, 2.24) is 0 Å². The molecule has 0 aliphatic heterocycles. The van der Waals surface area contributed by atoms with Gasteiger partial charge in [-0.15, -0.1) is 0 Å². The van der Waals surface area contributed by atoms with Crippen molar-refractivity contribution in [2.24, 2.45) is 5.73 Å². The number of aliphatic hydroxyl groups is 1. The second kappa shape index (κ2) is 34.4. The van der Waals surface area contributed by atoms with Crippen LogP contribution in [0.5, 0.6) is 0 Å². The highest BCUT2D eigenvalue weighted by Crippen LogP contribution is 2.30. The van der Waals surface area contributed by atoms with Crippen LogP contribution in [0.1, 0.15) is 220 Å². The first-order chi connectivity index (χ1) is 24.2. The van der Waals surface area contributed by atoms with Gasteiger partial charge in [0.1, 0.15) is 6.61 Å². The number of ether oxygens (including phenoxy) is 2. The van der Waals surface area contributed by atoms with Crippen molar-refractivity contribution in [2.45, 2.75) is 231 Å². The first kappa shape index (κ1) is 48.3. The fourth-order valence-electron chi connectivity index (χ4n) is 6.29. The minimum absolute atomic E-state index is 0.000993. The lowest BCUT2D eigenvalue weighted by Gasteiger charge is -2.42. The van der Waals surface area contributed by atoms with Gasteiger partial charge in [0.25, 0.3) is 0 Å². The van der Waals surface area contributed by atoms with Crippen molar-refractivity contribution < 1.29 is 24.2 Å². The smallest absolute Gasteiger partial charge is 0.306 e. The van der Waals surface area contributed by atoms with Gasteiger partial charge in [-0.3, -0.25) is 9.59 Å². The number of carbonyl (C=O) groups is 2. The minimum atomic E-state index is -1.17. The van der Waals surface area contributed by atoms with Gasteiger partial charge in [-0.05, 0) is 90.9 Å². The lowest BCUT2D eigenvalue weighted by atomic mass is 9.80. The highest BCUT2D eigenvalue weighted by molar-refractivity contribution is 5.71. The number of esters is 2. The van der Waals surface area contributed by atoms with Gasteiger partial charge in [-0.1, -0.05) is 141 Å². The van der Waals surface area contributed by atoms with Crippen molar-refractivity contribution >= 4 is 11.9 Å². The molecule has 0 rings (SSSR count). The molecule has 0 saturated heterocycles. The van der Waals surface area contributed by atoms with Crippen molar-refractivity contribution in [3.8, 4) is 0 Å². The number of hydrogen-bond donors (Lipinski definition) is 2. The van der Waals surface area contributed by atoms with Crippen molar-refractivity contribution in [3.05, 3.63) is 24.3 Å². The number of rotatable bonds is 37. The highest BCUT2D eigenvalue weighted by atomic mass is 16.6. The van der Waals surface area contributed by atoms with E-state index in [1.165, 1.54) is 116 Å². The lowest BCUT2D eigenvalue weighted by Crippen LogP contribution is -2.61. The van der Waals surface area contributed by atoms with E-state index in [1.54, 1.807) is 6.92 Å². The molecule has 0 amide bonds. The molecule has 0 bridgehead atoms. The van der Waals surface area contributed by atoms with Crippen LogP contribution in [0.25, 0.3) is 0 Å². The molecule has 0 radical (unpaired) electrons. The number of nitrogens with two attached hydrogens (primary N) is 1. The van der Waals surface area contributed by atoms with Crippen LogP contribution in [0.4, 0.5) is 0 Å². The summed E-state index contributed by atoms with van der Waals surface area (Å²) < 4.78 is 11.6. The third-order valence-corrected chi connectivity index (χ3v) is 10.2. The van der Waals surface area contributed by atoms with Crippen molar-refractivity contribution in [1.29, 1.82) is 0 Å². The fraction of sp³-hybridized carbons (Fsp3) is 0.864. The van der Waals surface area contributed by atoms with E-state index in [2.05, 4.69) is 38.2 Å². The Balaban J connectivity index is 4.25. The van der Waals surface area contributed by atoms with Crippen LogP contribution in [0, 0.1) is 0 Å². The molecule has 0 saturated carbocycles. The van der Waals surface area contributed by atoms with E-state index in [4.69, 9.17) is 15.2 Å². The van der Waals surface area contributed by atoms with Gasteiger partial charge >= 0.3 is 11.9 Å². The number of hydrogen-bond acceptors (Lipinski definition) is 6. The summed E-state index contributed by atoms with van der Waals surface area (Å²) in [5.74, 6) is -0.584.